The average Bonchev–Trinajstić information content (AvgIpc) is 2.88. The third-order valence-corrected chi connectivity index (χ3v) is 5.62. The number of nitrogens with one attached hydrogen (secondary N) is 1. The molecule has 2 amide bonds. The Balaban J connectivity index is 1.53. The predicted molar refractivity (Wildman–Crippen MR) is 91.3 cm³/mol. The number of aliphatic hydroxyl groups excluding tert-OH is 1. The van der Waals surface area contributed by atoms with Gasteiger partial charge in [0.1, 0.15) is 0 Å². The van der Waals surface area contributed by atoms with Crippen LogP contribution in [-0.2, 0) is 15.0 Å². The van der Waals surface area contributed by atoms with Crippen LogP contribution < -0.4 is 5.32 Å². The Morgan fingerprint density at radius 2 is 1.96 bits per heavy atom. The summed E-state index contributed by atoms with van der Waals surface area (Å²) in [6.45, 7) is 2.94. The zero-order chi connectivity index (χ0) is 17.2. The highest BCUT2D eigenvalue weighted by Crippen LogP contribution is 2.43. The van der Waals surface area contributed by atoms with Gasteiger partial charge in [-0.2, -0.15) is 0 Å². The lowest BCUT2D eigenvalue weighted by atomic mass is 9.64. The summed E-state index contributed by atoms with van der Waals surface area (Å²) in [6.07, 6.45) is 3.06. The first kappa shape index (κ1) is 17.0. The number of amides is 2. The third-order valence-electron chi connectivity index (χ3n) is 5.62. The number of hydrogen-bond donors (Lipinski definition) is 2. The van der Waals surface area contributed by atoms with Gasteiger partial charge in [0.05, 0.1) is 6.10 Å². The molecule has 0 bridgehead atoms. The molecular weight excluding hydrogens is 304 g/mol. The van der Waals surface area contributed by atoms with E-state index in [4.69, 9.17) is 0 Å². The van der Waals surface area contributed by atoms with E-state index in [9.17, 15) is 14.7 Å². The van der Waals surface area contributed by atoms with Crippen molar-refractivity contribution in [2.75, 3.05) is 19.6 Å². The van der Waals surface area contributed by atoms with Gasteiger partial charge in [-0.15, -0.1) is 0 Å². The minimum atomic E-state index is -0.605. The molecule has 5 heteroatoms. The standard InChI is InChI=1S/C19H26N2O3/c1-14(22)21-11-15(17(23)12-21)10-18(24)20-13-19(8-5-9-19)16-6-3-2-4-7-16/h2-4,6-7,15,17,23H,5,8-13H2,1H3,(H,20,24)/t15-,17-/m0/s1. The van der Waals surface area contributed by atoms with Crippen LogP contribution >= 0.6 is 0 Å². The van der Waals surface area contributed by atoms with E-state index in [1.165, 1.54) is 18.9 Å². The number of β-amino-alcohol motifs (C(OH)–C–C–N with tert-alkyl or cyclic N) is 1. The molecular formula is C19H26N2O3. The van der Waals surface area contributed by atoms with Gasteiger partial charge in [0.2, 0.25) is 11.8 Å². The Morgan fingerprint density at radius 3 is 2.50 bits per heavy atom. The Bertz CT molecular complexity index is 598. The summed E-state index contributed by atoms with van der Waals surface area (Å²) in [4.78, 5) is 25.3. The summed E-state index contributed by atoms with van der Waals surface area (Å²) in [6, 6.07) is 10.4. The van der Waals surface area contributed by atoms with Gasteiger partial charge in [-0.3, -0.25) is 9.59 Å². The Morgan fingerprint density at radius 1 is 1.25 bits per heavy atom. The average molecular weight is 330 g/mol. The van der Waals surface area contributed by atoms with Crippen LogP contribution in [0.5, 0.6) is 0 Å². The van der Waals surface area contributed by atoms with E-state index >= 15 is 0 Å². The number of carbonyl (C=O) groups is 2. The molecule has 1 aromatic carbocycles. The van der Waals surface area contributed by atoms with Crippen molar-refractivity contribution >= 4 is 11.8 Å². The molecule has 2 atom stereocenters. The van der Waals surface area contributed by atoms with Gasteiger partial charge in [0.25, 0.3) is 0 Å². The van der Waals surface area contributed by atoms with Crippen LogP contribution in [-0.4, -0.2) is 47.6 Å². The van der Waals surface area contributed by atoms with Gasteiger partial charge in [0, 0.05) is 44.3 Å². The summed E-state index contributed by atoms with van der Waals surface area (Å²) in [5.41, 5.74) is 1.36. The predicted octanol–water partition coefficient (Wildman–Crippen LogP) is 1.45. The number of benzene rings is 1. The number of likely N-dealkylation sites (tertiary alicyclic amines) is 1. The fourth-order valence-electron chi connectivity index (χ4n) is 3.85. The quantitative estimate of drug-likeness (QED) is 0.859. The van der Waals surface area contributed by atoms with Crippen molar-refractivity contribution < 1.29 is 14.7 Å². The van der Waals surface area contributed by atoms with Crippen LogP contribution in [0.15, 0.2) is 30.3 Å². The van der Waals surface area contributed by atoms with Crippen molar-refractivity contribution in [3.63, 3.8) is 0 Å². The molecule has 1 saturated heterocycles. The van der Waals surface area contributed by atoms with Crippen molar-refractivity contribution in [2.24, 2.45) is 5.92 Å². The van der Waals surface area contributed by atoms with E-state index in [2.05, 4.69) is 17.4 Å². The van der Waals surface area contributed by atoms with E-state index in [-0.39, 0.29) is 29.6 Å². The maximum atomic E-state index is 12.3. The second-order valence-corrected chi connectivity index (χ2v) is 7.23. The summed E-state index contributed by atoms with van der Waals surface area (Å²) >= 11 is 0. The number of rotatable bonds is 5. The molecule has 0 aromatic heterocycles. The second-order valence-electron chi connectivity index (χ2n) is 7.23. The Labute approximate surface area is 143 Å². The fraction of sp³-hybridized carbons (Fsp3) is 0.579. The van der Waals surface area contributed by atoms with Crippen molar-refractivity contribution in [1.29, 1.82) is 0 Å². The summed E-state index contributed by atoms with van der Waals surface area (Å²) in [5.74, 6) is -0.246. The normalized spacial score (nSPS) is 25.2. The van der Waals surface area contributed by atoms with E-state index in [1.54, 1.807) is 4.90 Å². The molecule has 0 unspecified atom stereocenters. The Hall–Kier alpha value is -1.88. The van der Waals surface area contributed by atoms with Gasteiger partial charge >= 0.3 is 0 Å². The Kier molecular flexibility index (Phi) is 4.90. The first-order chi connectivity index (χ1) is 11.5. The first-order valence-corrected chi connectivity index (χ1v) is 8.76. The molecule has 130 valence electrons. The molecule has 3 rings (SSSR count). The fourth-order valence-corrected chi connectivity index (χ4v) is 3.85. The van der Waals surface area contributed by atoms with Gasteiger partial charge < -0.3 is 15.3 Å². The molecule has 2 aliphatic rings. The maximum absolute atomic E-state index is 12.3. The van der Waals surface area contributed by atoms with Crippen LogP contribution in [0.4, 0.5) is 0 Å². The van der Waals surface area contributed by atoms with Crippen LogP contribution in [0.2, 0.25) is 0 Å². The minimum Gasteiger partial charge on any atom is -0.391 e. The van der Waals surface area contributed by atoms with E-state index in [0.717, 1.165) is 12.8 Å². The van der Waals surface area contributed by atoms with Gasteiger partial charge in [-0.25, -0.2) is 0 Å². The molecule has 1 heterocycles. The van der Waals surface area contributed by atoms with Crippen molar-refractivity contribution in [1.82, 2.24) is 10.2 Å². The topological polar surface area (TPSA) is 69.6 Å². The van der Waals surface area contributed by atoms with Crippen LogP contribution in [0.3, 0.4) is 0 Å². The number of hydrogen-bond acceptors (Lipinski definition) is 3. The maximum Gasteiger partial charge on any atom is 0.220 e. The van der Waals surface area contributed by atoms with E-state index < -0.39 is 6.10 Å². The highest BCUT2D eigenvalue weighted by Gasteiger charge is 2.39. The van der Waals surface area contributed by atoms with Crippen molar-refractivity contribution in [3.8, 4) is 0 Å². The number of nitrogens with zero attached hydrogens (tertiary/aromatic N) is 1. The summed E-state index contributed by atoms with van der Waals surface area (Å²) in [5, 5.41) is 13.1. The molecule has 1 saturated carbocycles. The third kappa shape index (κ3) is 3.46. The number of aliphatic hydroxyl groups is 1. The van der Waals surface area contributed by atoms with Gasteiger partial charge in [-0.05, 0) is 18.4 Å². The van der Waals surface area contributed by atoms with Gasteiger partial charge in [0.15, 0.2) is 0 Å². The van der Waals surface area contributed by atoms with Crippen LogP contribution in [0.1, 0.15) is 38.2 Å². The molecule has 0 spiro atoms. The van der Waals surface area contributed by atoms with E-state index in [0.29, 0.717) is 19.6 Å². The molecule has 2 N–H and O–H groups in total. The van der Waals surface area contributed by atoms with Crippen molar-refractivity contribution in [2.45, 2.75) is 44.1 Å². The van der Waals surface area contributed by atoms with E-state index in [1.807, 2.05) is 18.2 Å². The lowest BCUT2D eigenvalue weighted by Gasteiger charge is -2.42. The minimum absolute atomic E-state index is 0.0355. The molecule has 5 nitrogen and oxygen atoms in total. The number of carbonyl (C=O) groups excluding carboxylic acids is 2. The zero-order valence-corrected chi connectivity index (χ0v) is 14.2. The molecule has 2 fully saturated rings. The first-order valence-electron chi connectivity index (χ1n) is 8.76. The second kappa shape index (κ2) is 6.93. The largest absolute Gasteiger partial charge is 0.391 e. The molecule has 1 aliphatic carbocycles. The lowest BCUT2D eigenvalue weighted by Crippen LogP contribution is -2.46. The molecule has 1 aliphatic heterocycles. The van der Waals surface area contributed by atoms with Crippen LogP contribution in [0, 0.1) is 5.92 Å². The van der Waals surface area contributed by atoms with Crippen molar-refractivity contribution in [3.05, 3.63) is 35.9 Å². The monoisotopic (exact) mass is 330 g/mol. The summed E-state index contributed by atoms with van der Waals surface area (Å²) < 4.78 is 0. The highest BCUT2D eigenvalue weighted by molar-refractivity contribution is 5.77. The summed E-state index contributed by atoms with van der Waals surface area (Å²) in [7, 11) is 0. The highest BCUT2D eigenvalue weighted by atomic mass is 16.3. The SMILES string of the molecule is CC(=O)N1C[C@H](CC(=O)NCC2(c3ccccc3)CCC2)[C@@H](O)C1. The van der Waals surface area contributed by atoms with Crippen LogP contribution in [0.25, 0.3) is 0 Å². The zero-order valence-electron chi connectivity index (χ0n) is 14.2. The molecule has 24 heavy (non-hydrogen) atoms. The smallest absolute Gasteiger partial charge is 0.220 e. The molecule has 1 aromatic rings. The lowest BCUT2D eigenvalue weighted by molar-refractivity contribution is -0.128. The molecule has 0 radical (unpaired) electrons. The van der Waals surface area contributed by atoms with Gasteiger partial charge in [-0.1, -0.05) is 36.8 Å².